The Morgan fingerprint density at radius 3 is 2.48 bits per heavy atom. The number of aryl methyl sites for hydroxylation is 1. The summed E-state index contributed by atoms with van der Waals surface area (Å²) in [5.74, 6) is 0.260. The molecular weight excluding hydrogens is 280 g/mol. The van der Waals surface area contributed by atoms with Gasteiger partial charge in [-0.3, -0.25) is 4.79 Å². The Morgan fingerprint density at radius 1 is 1.29 bits per heavy atom. The zero-order valence-corrected chi connectivity index (χ0v) is 13.5. The lowest BCUT2D eigenvalue weighted by molar-refractivity contribution is -0.132. The number of piperidine rings is 1. The molecule has 0 atom stereocenters. The van der Waals surface area contributed by atoms with Gasteiger partial charge in [-0.1, -0.05) is 49.5 Å². The molecule has 1 saturated heterocycles. The summed E-state index contributed by atoms with van der Waals surface area (Å²) >= 11 is 5.13. The van der Waals surface area contributed by atoms with Gasteiger partial charge in [0.15, 0.2) is 0 Å². The Hall–Kier alpha value is -1.42. The van der Waals surface area contributed by atoms with E-state index in [9.17, 15) is 4.79 Å². The molecule has 1 fully saturated rings. The second-order valence-corrected chi connectivity index (χ2v) is 6.58. The van der Waals surface area contributed by atoms with Gasteiger partial charge in [-0.15, -0.1) is 0 Å². The van der Waals surface area contributed by atoms with Crippen LogP contribution in [0.1, 0.15) is 38.2 Å². The highest BCUT2D eigenvalue weighted by Gasteiger charge is 2.33. The number of thiocarbonyl (C=S) groups is 1. The van der Waals surface area contributed by atoms with Crippen molar-refractivity contribution in [1.82, 2.24) is 4.90 Å². The van der Waals surface area contributed by atoms with E-state index in [1.165, 1.54) is 5.56 Å². The van der Waals surface area contributed by atoms with E-state index < -0.39 is 0 Å². The number of nitrogens with two attached hydrogens (primary N) is 1. The van der Waals surface area contributed by atoms with Crippen molar-refractivity contribution in [3.8, 4) is 0 Å². The van der Waals surface area contributed by atoms with Gasteiger partial charge in [0.05, 0.1) is 4.99 Å². The molecule has 1 aliphatic rings. The molecule has 114 valence electrons. The van der Waals surface area contributed by atoms with Gasteiger partial charge in [-0.2, -0.15) is 0 Å². The minimum Gasteiger partial charge on any atom is -0.393 e. The van der Waals surface area contributed by atoms with E-state index in [-0.39, 0.29) is 11.3 Å². The van der Waals surface area contributed by atoms with Crippen LogP contribution in [0.5, 0.6) is 0 Å². The molecule has 1 heterocycles. The number of likely N-dealkylation sites (tertiary alicyclic amines) is 1. The molecular formula is C17H24N2OS. The first-order valence-electron chi connectivity index (χ1n) is 7.63. The van der Waals surface area contributed by atoms with Gasteiger partial charge in [0.25, 0.3) is 0 Å². The Balaban J connectivity index is 1.74. The van der Waals surface area contributed by atoms with Crippen molar-refractivity contribution in [2.75, 3.05) is 13.1 Å². The summed E-state index contributed by atoms with van der Waals surface area (Å²) in [7, 11) is 0. The number of nitrogens with zero attached hydrogens (tertiary/aromatic N) is 1. The lowest BCUT2D eigenvalue weighted by Crippen LogP contribution is -2.46. The molecule has 3 nitrogen and oxygen atoms in total. The van der Waals surface area contributed by atoms with Gasteiger partial charge >= 0.3 is 0 Å². The van der Waals surface area contributed by atoms with Crippen molar-refractivity contribution in [3.05, 3.63) is 35.9 Å². The maximum absolute atomic E-state index is 12.2. The topological polar surface area (TPSA) is 46.3 Å². The van der Waals surface area contributed by atoms with Crippen LogP contribution in [-0.2, 0) is 11.2 Å². The van der Waals surface area contributed by atoms with E-state index in [1.54, 1.807) is 0 Å². The Labute approximate surface area is 132 Å². The molecule has 0 radical (unpaired) electrons. The van der Waals surface area contributed by atoms with Crippen LogP contribution < -0.4 is 5.73 Å². The van der Waals surface area contributed by atoms with Crippen molar-refractivity contribution in [3.63, 3.8) is 0 Å². The lowest BCUT2D eigenvalue weighted by Gasteiger charge is -2.38. The fraction of sp³-hybridized carbons (Fsp3) is 0.529. The van der Waals surface area contributed by atoms with Crippen LogP contribution in [0.15, 0.2) is 30.3 Å². The summed E-state index contributed by atoms with van der Waals surface area (Å²) in [5, 5.41) is 0. The van der Waals surface area contributed by atoms with Gasteiger partial charge < -0.3 is 10.6 Å². The van der Waals surface area contributed by atoms with Crippen LogP contribution in [0.25, 0.3) is 0 Å². The third kappa shape index (κ3) is 4.27. The minimum absolute atomic E-state index is 0.0733. The molecule has 1 aromatic carbocycles. The van der Waals surface area contributed by atoms with Crippen molar-refractivity contribution >= 4 is 23.1 Å². The van der Waals surface area contributed by atoms with E-state index in [2.05, 4.69) is 19.1 Å². The number of rotatable bonds is 5. The monoisotopic (exact) mass is 304 g/mol. The summed E-state index contributed by atoms with van der Waals surface area (Å²) in [4.78, 5) is 14.8. The molecule has 1 amide bonds. The van der Waals surface area contributed by atoms with Crippen molar-refractivity contribution in [2.24, 2.45) is 11.1 Å². The molecule has 0 saturated carbocycles. The SMILES string of the molecule is CC1(C(N)=S)CCN(C(=O)CCCc2ccccc2)CC1. The Kier molecular flexibility index (Phi) is 5.34. The number of amides is 1. The highest BCUT2D eigenvalue weighted by Crippen LogP contribution is 2.31. The van der Waals surface area contributed by atoms with Gasteiger partial charge in [0, 0.05) is 24.9 Å². The van der Waals surface area contributed by atoms with Crippen molar-refractivity contribution < 1.29 is 4.79 Å². The number of benzene rings is 1. The first kappa shape index (κ1) is 16.0. The van der Waals surface area contributed by atoms with Crippen LogP contribution in [0.3, 0.4) is 0 Å². The van der Waals surface area contributed by atoms with Gasteiger partial charge in [0.1, 0.15) is 0 Å². The third-order valence-electron chi connectivity index (χ3n) is 4.51. The molecule has 0 aliphatic carbocycles. The molecule has 1 aliphatic heterocycles. The summed E-state index contributed by atoms with van der Waals surface area (Å²) in [6.45, 7) is 3.66. The summed E-state index contributed by atoms with van der Waals surface area (Å²) < 4.78 is 0. The number of carbonyl (C=O) groups is 1. The zero-order valence-electron chi connectivity index (χ0n) is 12.7. The van der Waals surface area contributed by atoms with E-state index in [0.29, 0.717) is 11.4 Å². The average Bonchev–Trinajstić information content (AvgIpc) is 2.49. The summed E-state index contributed by atoms with van der Waals surface area (Å²) in [6, 6.07) is 10.3. The normalized spacial score (nSPS) is 17.5. The molecule has 0 aromatic heterocycles. The van der Waals surface area contributed by atoms with Gasteiger partial charge in [-0.25, -0.2) is 0 Å². The van der Waals surface area contributed by atoms with E-state index in [1.807, 2.05) is 23.1 Å². The maximum Gasteiger partial charge on any atom is 0.222 e. The number of carbonyl (C=O) groups excluding carboxylic acids is 1. The molecule has 0 unspecified atom stereocenters. The Morgan fingerprint density at radius 2 is 1.90 bits per heavy atom. The average molecular weight is 304 g/mol. The summed E-state index contributed by atoms with van der Waals surface area (Å²) in [5.41, 5.74) is 7.02. The van der Waals surface area contributed by atoms with Crippen LogP contribution in [0, 0.1) is 5.41 Å². The van der Waals surface area contributed by atoms with E-state index >= 15 is 0 Å². The van der Waals surface area contributed by atoms with Gasteiger partial charge in [0.2, 0.25) is 5.91 Å². The highest BCUT2D eigenvalue weighted by molar-refractivity contribution is 7.80. The molecule has 2 N–H and O–H groups in total. The first-order valence-corrected chi connectivity index (χ1v) is 8.04. The molecule has 0 bridgehead atoms. The highest BCUT2D eigenvalue weighted by atomic mass is 32.1. The molecule has 0 spiro atoms. The van der Waals surface area contributed by atoms with Crippen LogP contribution in [0.2, 0.25) is 0 Å². The van der Waals surface area contributed by atoms with E-state index in [4.69, 9.17) is 18.0 Å². The third-order valence-corrected chi connectivity index (χ3v) is 5.01. The predicted octanol–water partition coefficient (Wildman–Crippen LogP) is 2.92. The summed E-state index contributed by atoms with van der Waals surface area (Å²) in [6.07, 6.45) is 4.26. The maximum atomic E-state index is 12.2. The zero-order chi connectivity index (χ0) is 15.3. The largest absolute Gasteiger partial charge is 0.393 e. The van der Waals surface area contributed by atoms with Crippen LogP contribution >= 0.6 is 12.2 Å². The minimum atomic E-state index is -0.0733. The second kappa shape index (κ2) is 7.03. The van der Waals surface area contributed by atoms with Crippen molar-refractivity contribution in [1.29, 1.82) is 0 Å². The van der Waals surface area contributed by atoms with E-state index in [0.717, 1.165) is 38.8 Å². The molecule has 21 heavy (non-hydrogen) atoms. The van der Waals surface area contributed by atoms with Crippen molar-refractivity contribution in [2.45, 2.75) is 39.0 Å². The molecule has 4 heteroatoms. The molecule has 1 aromatic rings. The standard InChI is InChI=1S/C17H24N2OS/c1-17(16(18)21)10-12-19(13-11-17)15(20)9-5-8-14-6-3-2-4-7-14/h2-4,6-7H,5,8-13H2,1H3,(H2,18,21). The van der Waals surface area contributed by atoms with Gasteiger partial charge in [-0.05, 0) is 31.2 Å². The fourth-order valence-electron chi connectivity index (χ4n) is 2.74. The number of hydrogen-bond donors (Lipinski definition) is 1. The smallest absolute Gasteiger partial charge is 0.222 e. The van der Waals surface area contributed by atoms with Crippen LogP contribution in [-0.4, -0.2) is 28.9 Å². The van der Waals surface area contributed by atoms with Crippen LogP contribution in [0.4, 0.5) is 0 Å². The quantitative estimate of drug-likeness (QED) is 0.851. The Bertz CT molecular complexity index is 493. The number of hydrogen-bond acceptors (Lipinski definition) is 2. The first-order chi connectivity index (χ1) is 10.0. The lowest BCUT2D eigenvalue weighted by atomic mass is 9.80. The molecule has 2 rings (SSSR count). The predicted molar refractivity (Wildman–Crippen MR) is 90.1 cm³/mol. The second-order valence-electron chi connectivity index (χ2n) is 6.14. The fourth-order valence-corrected chi connectivity index (χ4v) is 2.95.